The summed E-state index contributed by atoms with van der Waals surface area (Å²) in [5.41, 5.74) is 0.428. The summed E-state index contributed by atoms with van der Waals surface area (Å²) >= 11 is 3.16. The average molecular weight is 274 g/mol. The molecule has 1 rings (SSSR count). The van der Waals surface area contributed by atoms with Crippen LogP contribution in [-0.2, 0) is 4.79 Å². The lowest BCUT2D eigenvalue weighted by atomic mass is 10.2. The van der Waals surface area contributed by atoms with Crippen molar-refractivity contribution in [2.75, 3.05) is 0 Å². The molecule has 0 unspecified atom stereocenters. The van der Waals surface area contributed by atoms with E-state index >= 15 is 0 Å². The highest BCUT2D eigenvalue weighted by molar-refractivity contribution is 9.10. The van der Waals surface area contributed by atoms with Gasteiger partial charge in [0.2, 0.25) is 0 Å². The van der Waals surface area contributed by atoms with Crippen molar-refractivity contribution in [1.29, 1.82) is 0 Å². The number of ether oxygens (including phenoxy) is 1. The zero-order valence-electron chi connectivity index (χ0n) is 8.11. The molecule has 80 valence electrons. The third-order valence-electron chi connectivity index (χ3n) is 1.70. The maximum atomic E-state index is 10.7. The molecule has 0 bridgehead atoms. The number of hydrogen-bond acceptors (Lipinski definition) is 4. The van der Waals surface area contributed by atoms with E-state index in [2.05, 4.69) is 15.9 Å². The summed E-state index contributed by atoms with van der Waals surface area (Å²) in [6.45, 7) is 2.85. The van der Waals surface area contributed by atoms with Crippen LogP contribution in [-0.4, -0.2) is 10.9 Å². The number of nitro groups is 1. The molecule has 0 aromatic heterocycles. The normalized spacial score (nSPS) is 9.80. The fourth-order valence-electron chi connectivity index (χ4n) is 1.07. The monoisotopic (exact) mass is 273 g/mol. The number of nitrogens with zero attached hydrogens (tertiary/aromatic N) is 1. The van der Waals surface area contributed by atoms with Crippen LogP contribution in [0.1, 0.15) is 12.5 Å². The number of carbonyl (C=O) groups is 1. The van der Waals surface area contributed by atoms with Gasteiger partial charge in [-0.25, -0.2) is 0 Å². The first-order valence-electron chi connectivity index (χ1n) is 4.04. The minimum absolute atomic E-state index is 0.0746. The van der Waals surface area contributed by atoms with E-state index in [9.17, 15) is 14.9 Å². The topological polar surface area (TPSA) is 69.4 Å². The number of rotatable bonds is 2. The highest BCUT2D eigenvalue weighted by atomic mass is 79.9. The molecule has 0 N–H and O–H groups in total. The van der Waals surface area contributed by atoms with Crippen LogP contribution in [0.25, 0.3) is 0 Å². The van der Waals surface area contributed by atoms with Crippen molar-refractivity contribution in [1.82, 2.24) is 0 Å². The second kappa shape index (κ2) is 4.39. The van der Waals surface area contributed by atoms with Crippen molar-refractivity contribution in [3.8, 4) is 5.75 Å². The summed E-state index contributed by atoms with van der Waals surface area (Å²) in [4.78, 5) is 20.8. The average Bonchev–Trinajstić information content (AvgIpc) is 2.08. The first-order valence-corrected chi connectivity index (χ1v) is 4.84. The molecular weight excluding hydrogens is 266 g/mol. The summed E-state index contributed by atoms with van der Waals surface area (Å²) in [5, 5.41) is 10.6. The Bertz CT molecular complexity index is 430. The van der Waals surface area contributed by atoms with Crippen molar-refractivity contribution < 1.29 is 14.5 Å². The smallest absolute Gasteiger partial charge is 0.308 e. The Hall–Kier alpha value is -1.43. The van der Waals surface area contributed by atoms with E-state index in [1.54, 1.807) is 6.92 Å². The third kappa shape index (κ3) is 2.76. The van der Waals surface area contributed by atoms with Gasteiger partial charge in [-0.3, -0.25) is 14.9 Å². The van der Waals surface area contributed by atoms with Gasteiger partial charge in [0, 0.05) is 12.5 Å². The second-order valence-electron chi connectivity index (χ2n) is 2.92. The Kier molecular flexibility index (Phi) is 3.41. The van der Waals surface area contributed by atoms with Gasteiger partial charge >= 0.3 is 5.97 Å². The predicted octanol–water partition coefficient (Wildman–Crippen LogP) is 2.59. The van der Waals surface area contributed by atoms with E-state index in [1.807, 2.05) is 0 Å². The molecule has 0 aliphatic rings. The number of aryl methyl sites for hydroxylation is 1. The Labute approximate surface area is 94.3 Å². The first-order chi connectivity index (χ1) is 6.91. The SMILES string of the molecule is CC(=O)Oc1cc([N+](=O)[O-])c(C)cc1Br. The van der Waals surface area contributed by atoms with Gasteiger partial charge in [0.15, 0.2) is 5.75 Å². The molecule has 0 aliphatic carbocycles. The molecule has 0 aliphatic heterocycles. The number of benzene rings is 1. The fraction of sp³-hybridized carbons (Fsp3) is 0.222. The lowest BCUT2D eigenvalue weighted by Gasteiger charge is -2.05. The zero-order chi connectivity index (χ0) is 11.6. The minimum atomic E-state index is -0.520. The summed E-state index contributed by atoms with van der Waals surface area (Å²) in [5.74, 6) is -0.367. The van der Waals surface area contributed by atoms with E-state index in [4.69, 9.17) is 4.74 Å². The Balaban J connectivity index is 3.23. The molecule has 1 aromatic rings. The summed E-state index contributed by atoms with van der Waals surface area (Å²) in [6, 6.07) is 2.76. The molecule has 0 saturated heterocycles. The fourth-order valence-corrected chi connectivity index (χ4v) is 1.61. The molecule has 1 aromatic carbocycles. The molecule has 0 saturated carbocycles. The van der Waals surface area contributed by atoms with Crippen LogP contribution >= 0.6 is 15.9 Å². The van der Waals surface area contributed by atoms with Crippen molar-refractivity contribution in [2.24, 2.45) is 0 Å². The van der Waals surface area contributed by atoms with Gasteiger partial charge in [0.1, 0.15) is 0 Å². The van der Waals surface area contributed by atoms with E-state index in [-0.39, 0.29) is 11.4 Å². The largest absolute Gasteiger partial charge is 0.425 e. The van der Waals surface area contributed by atoms with Crippen molar-refractivity contribution in [3.05, 3.63) is 32.3 Å². The van der Waals surface area contributed by atoms with Crippen LogP contribution in [0, 0.1) is 17.0 Å². The van der Waals surface area contributed by atoms with Crippen LogP contribution in [0.4, 0.5) is 5.69 Å². The van der Waals surface area contributed by atoms with E-state index in [1.165, 1.54) is 19.1 Å². The third-order valence-corrected chi connectivity index (χ3v) is 2.32. The van der Waals surface area contributed by atoms with Crippen molar-refractivity contribution in [2.45, 2.75) is 13.8 Å². The van der Waals surface area contributed by atoms with Crippen molar-refractivity contribution >= 4 is 27.6 Å². The Morgan fingerprint density at radius 3 is 2.60 bits per heavy atom. The molecule has 0 spiro atoms. The molecule has 6 heteroatoms. The molecule has 0 heterocycles. The van der Waals surface area contributed by atoms with E-state index < -0.39 is 10.9 Å². The van der Waals surface area contributed by atoms with Gasteiger partial charge in [0.05, 0.1) is 15.5 Å². The first kappa shape index (κ1) is 11.6. The number of esters is 1. The minimum Gasteiger partial charge on any atom is -0.425 e. The van der Waals surface area contributed by atoms with E-state index in [0.29, 0.717) is 10.0 Å². The predicted molar refractivity (Wildman–Crippen MR) is 56.8 cm³/mol. The Morgan fingerprint density at radius 2 is 2.13 bits per heavy atom. The second-order valence-corrected chi connectivity index (χ2v) is 3.77. The van der Waals surface area contributed by atoms with Crippen LogP contribution in [0.15, 0.2) is 16.6 Å². The Morgan fingerprint density at radius 1 is 1.53 bits per heavy atom. The molecule has 15 heavy (non-hydrogen) atoms. The van der Waals surface area contributed by atoms with Crippen LogP contribution in [0.2, 0.25) is 0 Å². The maximum Gasteiger partial charge on any atom is 0.308 e. The van der Waals surface area contributed by atoms with Gasteiger partial charge in [-0.05, 0) is 28.9 Å². The van der Waals surface area contributed by atoms with Crippen LogP contribution in [0.3, 0.4) is 0 Å². The lowest BCUT2D eigenvalue weighted by molar-refractivity contribution is -0.385. The molecule has 0 amide bonds. The molecule has 0 atom stereocenters. The summed E-state index contributed by atoms with van der Waals surface area (Å²) in [6.07, 6.45) is 0. The molecule has 5 nitrogen and oxygen atoms in total. The molecule has 0 fully saturated rings. The van der Waals surface area contributed by atoms with Gasteiger partial charge in [-0.15, -0.1) is 0 Å². The summed E-state index contributed by atoms with van der Waals surface area (Å²) in [7, 11) is 0. The molecular formula is C9H8BrNO4. The van der Waals surface area contributed by atoms with E-state index in [0.717, 1.165) is 0 Å². The van der Waals surface area contributed by atoms with Crippen LogP contribution < -0.4 is 4.74 Å². The van der Waals surface area contributed by atoms with Crippen molar-refractivity contribution in [3.63, 3.8) is 0 Å². The van der Waals surface area contributed by atoms with Gasteiger partial charge in [0.25, 0.3) is 5.69 Å². The zero-order valence-corrected chi connectivity index (χ0v) is 9.70. The van der Waals surface area contributed by atoms with Crippen LogP contribution in [0.5, 0.6) is 5.75 Å². The number of halogens is 1. The summed E-state index contributed by atoms with van der Waals surface area (Å²) < 4.78 is 5.32. The number of hydrogen-bond donors (Lipinski definition) is 0. The standard InChI is InChI=1S/C9H8BrNO4/c1-5-3-7(10)9(15-6(2)12)4-8(5)11(13)14/h3-4H,1-2H3. The van der Waals surface area contributed by atoms with Gasteiger partial charge in [-0.1, -0.05) is 0 Å². The quantitative estimate of drug-likeness (QED) is 0.359. The van der Waals surface area contributed by atoms with Gasteiger partial charge in [-0.2, -0.15) is 0 Å². The molecule has 0 radical (unpaired) electrons. The highest BCUT2D eigenvalue weighted by Gasteiger charge is 2.15. The number of carbonyl (C=O) groups excluding carboxylic acids is 1. The van der Waals surface area contributed by atoms with Gasteiger partial charge < -0.3 is 4.74 Å². The highest BCUT2D eigenvalue weighted by Crippen LogP contribution is 2.32. The number of nitro benzene ring substituents is 1. The maximum absolute atomic E-state index is 10.7. The lowest BCUT2D eigenvalue weighted by Crippen LogP contribution is -2.03.